The van der Waals surface area contributed by atoms with Gasteiger partial charge in [-0.05, 0) is 43.9 Å². The number of carbonyl (C=O) groups is 2. The van der Waals surface area contributed by atoms with Crippen LogP contribution in [0, 0.1) is 0 Å². The van der Waals surface area contributed by atoms with E-state index >= 15 is 0 Å². The Kier molecular flexibility index (Phi) is 4.63. The molecule has 0 unspecified atom stereocenters. The molecule has 1 aromatic rings. The molecule has 0 aliphatic carbocycles. The quantitative estimate of drug-likeness (QED) is 0.882. The smallest absolute Gasteiger partial charge is 0.253 e. The van der Waals surface area contributed by atoms with Crippen molar-refractivity contribution in [2.45, 2.75) is 31.2 Å². The molecule has 3 N–H and O–H groups in total. The van der Waals surface area contributed by atoms with Gasteiger partial charge in [0.15, 0.2) is 0 Å². The average molecular weight is 317 g/mol. The van der Waals surface area contributed by atoms with Crippen LogP contribution in [0.2, 0.25) is 0 Å². The minimum absolute atomic E-state index is 0.0205. The van der Waals surface area contributed by atoms with E-state index in [0.29, 0.717) is 37.3 Å². The van der Waals surface area contributed by atoms with E-state index in [2.05, 4.69) is 5.32 Å². The lowest BCUT2D eigenvalue weighted by atomic mass is 9.90. The normalized spacial score (nSPS) is 20.3. The Bertz CT molecular complexity index is 591. The zero-order valence-corrected chi connectivity index (χ0v) is 13.2. The van der Waals surface area contributed by atoms with Crippen LogP contribution in [0.15, 0.2) is 24.3 Å². The van der Waals surface area contributed by atoms with Gasteiger partial charge in [-0.3, -0.25) is 9.59 Å². The summed E-state index contributed by atoms with van der Waals surface area (Å²) in [6, 6.07) is 7.07. The van der Waals surface area contributed by atoms with Crippen molar-refractivity contribution in [3.05, 3.63) is 29.8 Å². The maximum atomic E-state index is 12.4. The second-order valence-corrected chi connectivity index (χ2v) is 6.30. The number of ether oxygens (including phenoxy) is 1. The predicted octanol–water partition coefficient (Wildman–Crippen LogP) is 1.37. The van der Waals surface area contributed by atoms with Gasteiger partial charge in [0, 0.05) is 37.6 Å². The molecule has 2 heterocycles. The number of amides is 2. The van der Waals surface area contributed by atoms with E-state index in [0.717, 1.165) is 25.9 Å². The second-order valence-electron chi connectivity index (χ2n) is 6.30. The van der Waals surface area contributed by atoms with E-state index in [1.807, 2.05) is 4.90 Å². The highest BCUT2D eigenvalue weighted by Crippen LogP contribution is 2.21. The number of nitrogens with one attached hydrogen (secondary N) is 1. The van der Waals surface area contributed by atoms with E-state index in [9.17, 15) is 9.59 Å². The van der Waals surface area contributed by atoms with E-state index in [4.69, 9.17) is 10.5 Å². The molecular formula is C17H23N3O3. The number of anilines is 1. The van der Waals surface area contributed by atoms with Gasteiger partial charge in [0.2, 0.25) is 5.91 Å². The van der Waals surface area contributed by atoms with Crippen LogP contribution in [0.3, 0.4) is 0 Å². The molecule has 2 fully saturated rings. The summed E-state index contributed by atoms with van der Waals surface area (Å²) in [5.74, 6) is -0.196. The lowest BCUT2D eigenvalue weighted by Gasteiger charge is -2.31. The third-order valence-electron chi connectivity index (χ3n) is 4.60. The SMILES string of the molecule is NC1(C(=O)Nc2cccc(C(=O)N3CCCC3)c2)CCOCC1. The predicted molar refractivity (Wildman–Crippen MR) is 87.2 cm³/mol. The lowest BCUT2D eigenvalue weighted by molar-refractivity contribution is -0.124. The molecule has 2 aliphatic heterocycles. The zero-order valence-electron chi connectivity index (χ0n) is 13.2. The van der Waals surface area contributed by atoms with Crippen molar-refractivity contribution >= 4 is 17.5 Å². The standard InChI is InChI=1S/C17H23N3O3/c18-17(6-10-23-11-7-17)16(22)19-14-5-3-4-13(12-14)15(21)20-8-1-2-9-20/h3-5,12H,1-2,6-11,18H2,(H,19,22). The van der Waals surface area contributed by atoms with Gasteiger partial charge < -0.3 is 20.7 Å². The number of nitrogens with two attached hydrogens (primary N) is 1. The lowest BCUT2D eigenvalue weighted by Crippen LogP contribution is -2.54. The topological polar surface area (TPSA) is 84.7 Å². The molecule has 0 bridgehead atoms. The van der Waals surface area contributed by atoms with E-state index in [1.54, 1.807) is 24.3 Å². The second kappa shape index (κ2) is 6.68. The highest BCUT2D eigenvalue weighted by atomic mass is 16.5. The molecular weight excluding hydrogens is 294 g/mol. The van der Waals surface area contributed by atoms with E-state index in [-0.39, 0.29) is 11.8 Å². The number of nitrogens with zero attached hydrogens (tertiary/aromatic N) is 1. The molecule has 6 heteroatoms. The Morgan fingerprint density at radius 3 is 2.57 bits per heavy atom. The van der Waals surface area contributed by atoms with Crippen molar-refractivity contribution in [3.8, 4) is 0 Å². The number of benzene rings is 1. The van der Waals surface area contributed by atoms with Crippen LogP contribution in [-0.4, -0.2) is 48.6 Å². The summed E-state index contributed by atoms with van der Waals surface area (Å²) in [5.41, 5.74) is 6.49. The van der Waals surface area contributed by atoms with E-state index in [1.165, 1.54) is 0 Å². The van der Waals surface area contributed by atoms with E-state index < -0.39 is 5.54 Å². The van der Waals surface area contributed by atoms with Gasteiger partial charge in [-0.1, -0.05) is 6.07 Å². The molecule has 0 atom stereocenters. The third-order valence-corrected chi connectivity index (χ3v) is 4.60. The minimum atomic E-state index is -0.896. The average Bonchev–Trinajstić information content (AvgIpc) is 3.09. The molecule has 0 spiro atoms. The van der Waals surface area contributed by atoms with Crippen LogP contribution < -0.4 is 11.1 Å². The van der Waals surface area contributed by atoms with Gasteiger partial charge in [0.1, 0.15) is 5.54 Å². The molecule has 0 radical (unpaired) electrons. The van der Waals surface area contributed by atoms with Crippen LogP contribution in [0.4, 0.5) is 5.69 Å². The van der Waals surface area contributed by atoms with Crippen LogP contribution >= 0.6 is 0 Å². The molecule has 6 nitrogen and oxygen atoms in total. The zero-order chi connectivity index (χ0) is 16.3. The van der Waals surface area contributed by atoms with Crippen LogP contribution in [-0.2, 0) is 9.53 Å². The molecule has 124 valence electrons. The maximum Gasteiger partial charge on any atom is 0.253 e. The fourth-order valence-corrected chi connectivity index (χ4v) is 3.05. The molecule has 2 amide bonds. The Labute approximate surface area is 136 Å². The van der Waals surface area contributed by atoms with Gasteiger partial charge in [-0.15, -0.1) is 0 Å². The summed E-state index contributed by atoms with van der Waals surface area (Å²) in [6.07, 6.45) is 3.12. The van der Waals surface area contributed by atoms with Gasteiger partial charge in [-0.2, -0.15) is 0 Å². The number of hydrogen-bond acceptors (Lipinski definition) is 4. The van der Waals surface area contributed by atoms with Crippen LogP contribution in [0.1, 0.15) is 36.0 Å². The fourth-order valence-electron chi connectivity index (χ4n) is 3.05. The highest BCUT2D eigenvalue weighted by Gasteiger charge is 2.36. The van der Waals surface area contributed by atoms with Crippen molar-refractivity contribution < 1.29 is 14.3 Å². The molecule has 0 saturated carbocycles. The Balaban J connectivity index is 1.69. The highest BCUT2D eigenvalue weighted by molar-refractivity contribution is 6.00. The molecule has 23 heavy (non-hydrogen) atoms. The van der Waals surface area contributed by atoms with Gasteiger partial charge in [0.25, 0.3) is 5.91 Å². The van der Waals surface area contributed by atoms with Crippen molar-refractivity contribution in [3.63, 3.8) is 0 Å². The number of carbonyl (C=O) groups excluding carboxylic acids is 2. The first kappa shape index (κ1) is 16.0. The fraction of sp³-hybridized carbons (Fsp3) is 0.529. The summed E-state index contributed by atoms with van der Waals surface area (Å²) >= 11 is 0. The van der Waals surface area contributed by atoms with Gasteiger partial charge in [-0.25, -0.2) is 0 Å². The third kappa shape index (κ3) is 3.54. The first-order valence-electron chi connectivity index (χ1n) is 8.16. The summed E-state index contributed by atoms with van der Waals surface area (Å²) in [5, 5.41) is 2.85. The van der Waals surface area contributed by atoms with Crippen LogP contribution in [0.5, 0.6) is 0 Å². The largest absolute Gasteiger partial charge is 0.381 e. The van der Waals surface area contributed by atoms with Crippen molar-refractivity contribution in [1.29, 1.82) is 0 Å². The Hall–Kier alpha value is -1.92. The molecule has 2 aliphatic rings. The minimum Gasteiger partial charge on any atom is -0.381 e. The molecule has 3 rings (SSSR count). The van der Waals surface area contributed by atoms with Gasteiger partial charge >= 0.3 is 0 Å². The first-order chi connectivity index (χ1) is 11.1. The van der Waals surface area contributed by atoms with Crippen molar-refractivity contribution in [2.75, 3.05) is 31.6 Å². The van der Waals surface area contributed by atoms with Crippen molar-refractivity contribution in [2.24, 2.45) is 5.73 Å². The van der Waals surface area contributed by atoms with Crippen molar-refractivity contribution in [1.82, 2.24) is 4.90 Å². The Morgan fingerprint density at radius 2 is 1.87 bits per heavy atom. The molecule has 0 aromatic heterocycles. The number of rotatable bonds is 3. The first-order valence-corrected chi connectivity index (χ1v) is 8.16. The molecule has 2 saturated heterocycles. The molecule has 1 aromatic carbocycles. The van der Waals surface area contributed by atoms with Gasteiger partial charge in [0.05, 0.1) is 0 Å². The van der Waals surface area contributed by atoms with Crippen LogP contribution in [0.25, 0.3) is 0 Å². The number of hydrogen-bond donors (Lipinski definition) is 2. The Morgan fingerprint density at radius 1 is 1.17 bits per heavy atom. The number of likely N-dealkylation sites (tertiary alicyclic amines) is 1. The summed E-state index contributed by atoms with van der Waals surface area (Å²) < 4.78 is 5.26. The summed E-state index contributed by atoms with van der Waals surface area (Å²) in [6.45, 7) is 2.61. The summed E-state index contributed by atoms with van der Waals surface area (Å²) in [4.78, 5) is 26.7. The monoisotopic (exact) mass is 317 g/mol. The summed E-state index contributed by atoms with van der Waals surface area (Å²) in [7, 11) is 0. The maximum absolute atomic E-state index is 12.4.